The molecule has 2 aliphatic heterocycles. The fourth-order valence-electron chi connectivity index (χ4n) is 4.76. The van der Waals surface area contributed by atoms with Crippen molar-refractivity contribution in [3.63, 3.8) is 0 Å². The summed E-state index contributed by atoms with van der Waals surface area (Å²) in [6, 6.07) is 13.7. The van der Waals surface area contributed by atoms with Gasteiger partial charge in [0.2, 0.25) is 0 Å². The van der Waals surface area contributed by atoms with Crippen molar-refractivity contribution < 1.29 is 14.6 Å². The van der Waals surface area contributed by atoms with E-state index in [1.807, 2.05) is 34.9 Å². The predicted molar refractivity (Wildman–Crippen MR) is 132 cm³/mol. The number of aromatic hydroxyl groups is 1. The first-order valence-corrected chi connectivity index (χ1v) is 11.8. The van der Waals surface area contributed by atoms with Crippen molar-refractivity contribution in [2.75, 3.05) is 37.8 Å². The smallest absolute Gasteiger partial charge is 0.139 e. The van der Waals surface area contributed by atoms with E-state index in [4.69, 9.17) is 20.2 Å². The summed E-state index contributed by atoms with van der Waals surface area (Å²) in [6.45, 7) is 5.98. The van der Waals surface area contributed by atoms with Crippen LogP contribution in [0.15, 0.2) is 48.8 Å². The topological polar surface area (TPSA) is 98.7 Å². The maximum atomic E-state index is 10.3. The van der Waals surface area contributed by atoms with Crippen LogP contribution in [0.2, 0.25) is 0 Å². The number of anilines is 1. The van der Waals surface area contributed by atoms with Gasteiger partial charge in [-0.25, -0.2) is 9.97 Å². The van der Waals surface area contributed by atoms with Gasteiger partial charge < -0.3 is 25.2 Å². The number of hydrogen-bond acceptors (Lipinski definition) is 7. The van der Waals surface area contributed by atoms with Crippen molar-refractivity contribution in [3.8, 4) is 17.3 Å². The largest absolute Gasteiger partial charge is 0.508 e. The van der Waals surface area contributed by atoms with Crippen molar-refractivity contribution in [2.24, 2.45) is 11.1 Å². The zero-order chi connectivity index (χ0) is 23.3. The number of imidazole rings is 1. The highest BCUT2D eigenvalue weighted by atomic mass is 16.5. The van der Waals surface area contributed by atoms with Crippen LogP contribution in [0.4, 0.5) is 5.69 Å². The van der Waals surface area contributed by atoms with Crippen LogP contribution in [-0.2, 0) is 4.74 Å². The van der Waals surface area contributed by atoms with Crippen molar-refractivity contribution in [1.29, 1.82) is 0 Å². The highest BCUT2D eigenvalue weighted by Crippen LogP contribution is 2.33. The third-order valence-electron chi connectivity index (χ3n) is 6.88. The summed E-state index contributed by atoms with van der Waals surface area (Å²) in [5.41, 5.74) is 9.81. The van der Waals surface area contributed by atoms with E-state index in [0.29, 0.717) is 6.61 Å². The lowest BCUT2D eigenvalue weighted by molar-refractivity contribution is -0.120. The minimum Gasteiger partial charge on any atom is -0.508 e. The van der Waals surface area contributed by atoms with Crippen molar-refractivity contribution in [1.82, 2.24) is 14.5 Å². The summed E-state index contributed by atoms with van der Waals surface area (Å²) in [6.07, 6.45) is 3.66. The van der Waals surface area contributed by atoms with E-state index in [2.05, 4.69) is 16.8 Å². The number of nitrogens with zero attached hydrogens (tertiary/aromatic N) is 4. The van der Waals surface area contributed by atoms with E-state index in [0.717, 1.165) is 78.3 Å². The highest BCUT2D eigenvalue weighted by molar-refractivity contribution is 5.93. The predicted octanol–water partition coefficient (Wildman–Crippen LogP) is 3.62. The first-order chi connectivity index (χ1) is 16.5. The number of benzene rings is 2. The van der Waals surface area contributed by atoms with Crippen LogP contribution >= 0.6 is 0 Å². The molecule has 0 spiro atoms. The number of aromatic nitrogens is 3. The molecule has 2 saturated heterocycles. The van der Waals surface area contributed by atoms with E-state index in [-0.39, 0.29) is 17.2 Å². The monoisotopic (exact) mass is 459 g/mol. The van der Waals surface area contributed by atoms with Gasteiger partial charge in [-0.05, 0) is 43.2 Å². The Kier molecular flexibility index (Phi) is 5.08. The molecule has 0 radical (unpaired) electrons. The molecule has 0 aliphatic carbocycles. The van der Waals surface area contributed by atoms with Crippen LogP contribution in [0, 0.1) is 5.41 Å². The number of phenols is 1. The van der Waals surface area contributed by atoms with Gasteiger partial charge in [-0.1, -0.05) is 6.92 Å². The molecule has 34 heavy (non-hydrogen) atoms. The Morgan fingerprint density at radius 1 is 1.15 bits per heavy atom. The average molecular weight is 460 g/mol. The van der Waals surface area contributed by atoms with Gasteiger partial charge in [0.1, 0.15) is 23.6 Å². The Balaban J connectivity index is 1.34. The Hall–Kier alpha value is -3.36. The summed E-state index contributed by atoms with van der Waals surface area (Å²) in [5, 5.41) is 11.2. The highest BCUT2D eigenvalue weighted by Gasteiger charge is 2.34. The first kappa shape index (κ1) is 21.2. The molecule has 8 heteroatoms. The number of nitrogens with two attached hydrogens (primary N) is 1. The molecule has 8 nitrogen and oxygen atoms in total. The van der Waals surface area contributed by atoms with E-state index in [1.54, 1.807) is 18.5 Å². The normalized spacial score (nSPS) is 18.4. The second-order valence-electron chi connectivity index (χ2n) is 9.89. The Labute approximate surface area is 197 Å². The third-order valence-corrected chi connectivity index (χ3v) is 6.88. The number of piperidine rings is 1. The summed E-state index contributed by atoms with van der Waals surface area (Å²) in [4.78, 5) is 11.9. The molecule has 0 saturated carbocycles. The van der Waals surface area contributed by atoms with Crippen molar-refractivity contribution in [3.05, 3.63) is 48.8 Å². The van der Waals surface area contributed by atoms with Gasteiger partial charge in [0.15, 0.2) is 0 Å². The SMILES string of the molecule is CC1(COc2ccc3c(c2)ncn3-c2ccc3cc(O)cc(N4CCC(N)CC4)c3n2)COC1. The molecule has 0 atom stereocenters. The first-order valence-electron chi connectivity index (χ1n) is 11.8. The number of phenolic OH excluding ortho intramolecular Hbond substituents is 1. The summed E-state index contributed by atoms with van der Waals surface area (Å²) in [5.74, 6) is 1.83. The molecule has 2 aromatic carbocycles. The van der Waals surface area contributed by atoms with Crippen LogP contribution in [0.3, 0.4) is 0 Å². The number of fused-ring (bicyclic) bond motifs is 2. The molecule has 4 heterocycles. The van der Waals surface area contributed by atoms with Gasteiger partial charge >= 0.3 is 0 Å². The second kappa shape index (κ2) is 8.14. The minimum atomic E-state index is 0.0922. The second-order valence-corrected chi connectivity index (χ2v) is 9.89. The molecular weight excluding hydrogens is 430 g/mol. The van der Waals surface area contributed by atoms with Crippen molar-refractivity contribution >= 4 is 27.6 Å². The zero-order valence-corrected chi connectivity index (χ0v) is 19.3. The maximum Gasteiger partial charge on any atom is 0.139 e. The van der Waals surface area contributed by atoms with Gasteiger partial charge in [-0.15, -0.1) is 0 Å². The Morgan fingerprint density at radius 3 is 2.74 bits per heavy atom. The Bertz CT molecular complexity index is 1360. The zero-order valence-electron chi connectivity index (χ0n) is 19.3. The number of hydrogen-bond donors (Lipinski definition) is 2. The van der Waals surface area contributed by atoms with Crippen LogP contribution in [0.25, 0.3) is 27.8 Å². The van der Waals surface area contributed by atoms with E-state index in [1.165, 1.54) is 0 Å². The van der Waals surface area contributed by atoms with Gasteiger partial charge in [-0.3, -0.25) is 4.57 Å². The van der Waals surface area contributed by atoms with E-state index in [9.17, 15) is 5.11 Å². The van der Waals surface area contributed by atoms with Crippen LogP contribution in [0.5, 0.6) is 11.5 Å². The Morgan fingerprint density at radius 2 is 1.97 bits per heavy atom. The summed E-state index contributed by atoms with van der Waals surface area (Å²) in [7, 11) is 0. The molecule has 2 aromatic heterocycles. The lowest BCUT2D eigenvalue weighted by atomic mass is 9.90. The standard InChI is InChI=1S/C26H29N5O3/c1-26(13-33-14-26)15-34-20-3-4-22-21(12-20)28-16-31(22)24-5-2-17-10-19(32)11-23(25(17)29-24)30-8-6-18(27)7-9-30/h2-5,10-12,16,18,32H,6-9,13-15,27H2,1H3. The average Bonchev–Trinajstić information content (AvgIpc) is 3.24. The lowest BCUT2D eigenvalue weighted by Crippen LogP contribution is -2.44. The van der Waals surface area contributed by atoms with Crippen LogP contribution in [0.1, 0.15) is 19.8 Å². The molecule has 3 N–H and O–H groups in total. The fraction of sp³-hybridized carbons (Fsp3) is 0.385. The minimum absolute atomic E-state index is 0.0922. The van der Waals surface area contributed by atoms with E-state index >= 15 is 0 Å². The van der Waals surface area contributed by atoms with Gasteiger partial charge in [-0.2, -0.15) is 0 Å². The lowest BCUT2D eigenvalue weighted by Gasteiger charge is -2.37. The molecule has 4 aromatic rings. The van der Waals surface area contributed by atoms with Gasteiger partial charge in [0.05, 0.1) is 42.1 Å². The molecule has 176 valence electrons. The fourth-order valence-corrected chi connectivity index (χ4v) is 4.76. The molecule has 0 bridgehead atoms. The molecular formula is C26H29N5O3. The van der Waals surface area contributed by atoms with Gasteiger partial charge in [0, 0.05) is 42.1 Å². The van der Waals surface area contributed by atoms with Gasteiger partial charge in [0.25, 0.3) is 0 Å². The maximum absolute atomic E-state index is 10.3. The molecule has 6 rings (SSSR count). The molecule has 0 amide bonds. The molecule has 2 aliphatic rings. The quantitative estimate of drug-likeness (QED) is 0.470. The summed E-state index contributed by atoms with van der Waals surface area (Å²) >= 11 is 0. The number of ether oxygens (including phenoxy) is 2. The number of pyridine rings is 1. The third kappa shape index (κ3) is 3.82. The van der Waals surface area contributed by atoms with Crippen LogP contribution in [-0.4, -0.2) is 58.6 Å². The van der Waals surface area contributed by atoms with Crippen LogP contribution < -0.4 is 15.4 Å². The number of rotatable bonds is 5. The molecule has 0 unspecified atom stereocenters. The van der Waals surface area contributed by atoms with E-state index < -0.39 is 0 Å². The summed E-state index contributed by atoms with van der Waals surface area (Å²) < 4.78 is 13.3. The molecule has 2 fully saturated rings. The van der Waals surface area contributed by atoms with Crippen molar-refractivity contribution in [2.45, 2.75) is 25.8 Å².